The molecule has 0 aromatic carbocycles. The van der Waals surface area contributed by atoms with Crippen LogP contribution in [0.25, 0.3) is 11.4 Å². The lowest BCUT2D eigenvalue weighted by Gasteiger charge is -2.40. The molecule has 0 radical (unpaired) electrons. The number of aryl methyl sites for hydroxylation is 1. The van der Waals surface area contributed by atoms with Gasteiger partial charge in [0, 0.05) is 61.9 Å². The number of rotatable bonds is 5. The summed E-state index contributed by atoms with van der Waals surface area (Å²) in [5.74, 6) is 1.88. The Bertz CT molecular complexity index is 733. The number of nitrogens with zero attached hydrogens (tertiary/aromatic N) is 5. The van der Waals surface area contributed by atoms with Gasteiger partial charge in [-0.25, -0.2) is 9.97 Å². The maximum absolute atomic E-state index is 5.51. The van der Waals surface area contributed by atoms with Crippen LogP contribution in [0.3, 0.4) is 0 Å². The van der Waals surface area contributed by atoms with Crippen LogP contribution < -0.4 is 4.90 Å². The van der Waals surface area contributed by atoms with Gasteiger partial charge in [0.15, 0.2) is 5.82 Å². The van der Waals surface area contributed by atoms with E-state index in [2.05, 4.69) is 27.8 Å². The van der Waals surface area contributed by atoms with E-state index in [1.807, 2.05) is 12.1 Å². The minimum absolute atomic E-state index is 0.516. The molecule has 0 aliphatic carbocycles. The summed E-state index contributed by atoms with van der Waals surface area (Å²) in [6.07, 6.45) is 8.28. The maximum Gasteiger partial charge on any atom is 0.161 e. The van der Waals surface area contributed by atoms with Gasteiger partial charge < -0.3 is 9.64 Å². The molecule has 2 fully saturated rings. The molecule has 2 aliphatic heterocycles. The Morgan fingerprint density at radius 2 is 1.89 bits per heavy atom. The first-order valence-electron chi connectivity index (χ1n) is 10.2. The summed E-state index contributed by atoms with van der Waals surface area (Å²) < 4.78 is 5.51. The van der Waals surface area contributed by atoms with Crippen LogP contribution in [0.5, 0.6) is 0 Å². The van der Waals surface area contributed by atoms with Gasteiger partial charge in [0.05, 0.1) is 13.2 Å². The standard InChI is InChI=1S/C21H29N5O/c1-2-18-15-20(24-21(23-18)17-6-8-22-9-7-17)26-10-4-3-5-19(26)16-25-11-13-27-14-12-25/h6-9,15,19H,2-5,10-14,16H2,1H3. The number of hydrogen-bond acceptors (Lipinski definition) is 6. The molecular weight excluding hydrogens is 338 g/mol. The summed E-state index contributed by atoms with van der Waals surface area (Å²) in [4.78, 5) is 18.9. The minimum Gasteiger partial charge on any atom is -0.379 e. The molecule has 0 N–H and O–H groups in total. The van der Waals surface area contributed by atoms with Crippen molar-refractivity contribution in [1.29, 1.82) is 0 Å². The molecule has 2 aliphatic rings. The summed E-state index contributed by atoms with van der Waals surface area (Å²) in [7, 11) is 0. The van der Waals surface area contributed by atoms with Crippen LogP contribution in [-0.2, 0) is 11.2 Å². The molecule has 2 aromatic heterocycles. The molecule has 4 rings (SSSR count). The van der Waals surface area contributed by atoms with Crippen molar-refractivity contribution in [1.82, 2.24) is 19.9 Å². The van der Waals surface area contributed by atoms with E-state index in [0.717, 1.165) is 68.7 Å². The van der Waals surface area contributed by atoms with Crippen LogP contribution in [0.15, 0.2) is 30.6 Å². The first-order valence-corrected chi connectivity index (χ1v) is 10.2. The molecule has 0 bridgehead atoms. The first-order chi connectivity index (χ1) is 13.3. The van der Waals surface area contributed by atoms with Gasteiger partial charge in [-0.2, -0.15) is 0 Å². The second-order valence-electron chi connectivity index (χ2n) is 7.39. The number of anilines is 1. The third kappa shape index (κ3) is 4.45. The number of hydrogen-bond donors (Lipinski definition) is 0. The van der Waals surface area contributed by atoms with E-state index in [1.54, 1.807) is 12.4 Å². The van der Waals surface area contributed by atoms with Gasteiger partial charge in [0.2, 0.25) is 0 Å². The molecule has 1 atom stereocenters. The van der Waals surface area contributed by atoms with Crippen molar-refractivity contribution in [2.75, 3.05) is 44.3 Å². The van der Waals surface area contributed by atoms with Crippen LogP contribution in [-0.4, -0.2) is 65.3 Å². The van der Waals surface area contributed by atoms with Crippen LogP contribution >= 0.6 is 0 Å². The fourth-order valence-electron chi connectivity index (χ4n) is 4.02. The fraction of sp³-hybridized carbons (Fsp3) is 0.571. The van der Waals surface area contributed by atoms with E-state index >= 15 is 0 Å². The van der Waals surface area contributed by atoms with E-state index in [9.17, 15) is 0 Å². The molecule has 0 spiro atoms. The Balaban J connectivity index is 1.61. The maximum atomic E-state index is 5.51. The van der Waals surface area contributed by atoms with Crippen molar-refractivity contribution >= 4 is 5.82 Å². The zero-order valence-corrected chi connectivity index (χ0v) is 16.2. The molecule has 6 nitrogen and oxygen atoms in total. The lowest BCUT2D eigenvalue weighted by molar-refractivity contribution is 0.0338. The van der Waals surface area contributed by atoms with Gasteiger partial charge in [-0.05, 0) is 37.8 Å². The van der Waals surface area contributed by atoms with Crippen molar-refractivity contribution in [3.63, 3.8) is 0 Å². The van der Waals surface area contributed by atoms with Crippen molar-refractivity contribution in [3.05, 3.63) is 36.3 Å². The largest absolute Gasteiger partial charge is 0.379 e. The molecule has 2 saturated heterocycles. The highest BCUT2D eigenvalue weighted by molar-refractivity contribution is 5.57. The number of aromatic nitrogens is 3. The Kier molecular flexibility index (Phi) is 5.94. The quantitative estimate of drug-likeness (QED) is 0.810. The summed E-state index contributed by atoms with van der Waals surface area (Å²) in [6, 6.07) is 6.67. The van der Waals surface area contributed by atoms with Gasteiger partial charge in [-0.1, -0.05) is 6.92 Å². The normalized spacial score (nSPS) is 21.4. The molecular formula is C21H29N5O. The summed E-state index contributed by atoms with van der Waals surface area (Å²) in [6.45, 7) is 8.11. The molecule has 27 heavy (non-hydrogen) atoms. The van der Waals surface area contributed by atoms with E-state index in [4.69, 9.17) is 14.7 Å². The van der Waals surface area contributed by atoms with Crippen molar-refractivity contribution < 1.29 is 4.74 Å². The average Bonchev–Trinajstić information content (AvgIpc) is 2.75. The number of pyridine rings is 1. The van der Waals surface area contributed by atoms with E-state index < -0.39 is 0 Å². The molecule has 0 amide bonds. The molecule has 144 valence electrons. The van der Waals surface area contributed by atoms with Crippen LogP contribution in [0.1, 0.15) is 31.9 Å². The number of morpholine rings is 1. The molecule has 0 saturated carbocycles. The third-order valence-corrected chi connectivity index (χ3v) is 5.56. The van der Waals surface area contributed by atoms with Crippen LogP contribution in [0.4, 0.5) is 5.82 Å². The van der Waals surface area contributed by atoms with E-state index in [-0.39, 0.29) is 0 Å². The van der Waals surface area contributed by atoms with E-state index in [1.165, 1.54) is 19.3 Å². The molecule has 2 aromatic rings. The second-order valence-corrected chi connectivity index (χ2v) is 7.39. The van der Waals surface area contributed by atoms with Gasteiger partial charge in [0.1, 0.15) is 5.82 Å². The molecule has 6 heteroatoms. The van der Waals surface area contributed by atoms with Crippen molar-refractivity contribution in [2.24, 2.45) is 0 Å². The lowest BCUT2D eigenvalue weighted by atomic mass is 10.0. The number of piperidine rings is 1. The summed E-state index contributed by atoms with van der Waals surface area (Å²) in [5.41, 5.74) is 2.13. The van der Waals surface area contributed by atoms with Gasteiger partial charge >= 0.3 is 0 Å². The highest BCUT2D eigenvalue weighted by atomic mass is 16.5. The van der Waals surface area contributed by atoms with Crippen molar-refractivity contribution in [3.8, 4) is 11.4 Å². The SMILES string of the molecule is CCc1cc(N2CCCCC2CN2CCOCC2)nc(-c2ccncc2)n1. The first kappa shape index (κ1) is 18.3. The van der Waals surface area contributed by atoms with Gasteiger partial charge in [-0.15, -0.1) is 0 Å². The molecule has 4 heterocycles. The zero-order valence-electron chi connectivity index (χ0n) is 16.2. The topological polar surface area (TPSA) is 54.4 Å². The number of ether oxygens (including phenoxy) is 1. The Hall–Kier alpha value is -2.05. The third-order valence-electron chi connectivity index (χ3n) is 5.56. The second kappa shape index (κ2) is 8.76. The van der Waals surface area contributed by atoms with Gasteiger partial charge in [0.25, 0.3) is 0 Å². The lowest BCUT2D eigenvalue weighted by Crippen LogP contribution is -2.49. The Morgan fingerprint density at radius 3 is 2.67 bits per heavy atom. The fourth-order valence-corrected chi connectivity index (χ4v) is 4.02. The van der Waals surface area contributed by atoms with Crippen molar-refractivity contribution in [2.45, 2.75) is 38.6 Å². The predicted molar refractivity (Wildman–Crippen MR) is 107 cm³/mol. The average molecular weight is 367 g/mol. The summed E-state index contributed by atoms with van der Waals surface area (Å²) >= 11 is 0. The smallest absolute Gasteiger partial charge is 0.161 e. The highest BCUT2D eigenvalue weighted by Gasteiger charge is 2.27. The minimum atomic E-state index is 0.516. The summed E-state index contributed by atoms with van der Waals surface area (Å²) in [5, 5.41) is 0. The monoisotopic (exact) mass is 367 g/mol. The predicted octanol–water partition coefficient (Wildman–Crippen LogP) is 2.79. The highest BCUT2D eigenvalue weighted by Crippen LogP contribution is 2.27. The van der Waals surface area contributed by atoms with Gasteiger partial charge in [-0.3, -0.25) is 9.88 Å². The Morgan fingerprint density at radius 1 is 1.07 bits per heavy atom. The van der Waals surface area contributed by atoms with Crippen LogP contribution in [0.2, 0.25) is 0 Å². The molecule has 1 unspecified atom stereocenters. The van der Waals surface area contributed by atoms with Crippen LogP contribution in [0, 0.1) is 0 Å². The van der Waals surface area contributed by atoms with E-state index in [0.29, 0.717) is 6.04 Å². The Labute approximate surface area is 161 Å². The zero-order chi connectivity index (χ0) is 18.5.